The van der Waals surface area contributed by atoms with Crippen molar-refractivity contribution in [2.45, 2.75) is 45.1 Å². The second kappa shape index (κ2) is 9.84. The lowest BCUT2D eigenvalue weighted by Gasteiger charge is -2.26. The van der Waals surface area contributed by atoms with E-state index < -0.39 is 0 Å². The predicted molar refractivity (Wildman–Crippen MR) is 145 cm³/mol. The molecular formula is C33H31NO. The Morgan fingerprint density at radius 3 is 2.46 bits per heavy atom. The van der Waals surface area contributed by atoms with Gasteiger partial charge in [-0.25, -0.2) is 0 Å². The van der Waals surface area contributed by atoms with Crippen LogP contribution in [0.4, 0.5) is 0 Å². The van der Waals surface area contributed by atoms with Crippen molar-refractivity contribution in [3.05, 3.63) is 130 Å². The van der Waals surface area contributed by atoms with Crippen LogP contribution in [0.5, 0.6) is 5.75 Å². The molecule has 174 valence electrons. The van der Waals surface area contributed by atoms with E-state index in [1.165, 1.54) is 58.3 Å². The minimum absolute atomic E-state index is 0.624. The van der Waals surface area contributed by atoms with Crippen molar-refractivity contribution in [1.82, 2.24) is 5.32 Å². The van der Waals surface area contributed by atoms with E-state index in [-0.39, 0.29) is 0 Å². The molecule has 0 amide bonds. The zero-order valence-corrected chi connectivity index (χ0v) is 20.1. The quantitative estimate of drug-likeness (QED) is 0.435. The molecule has 5 aliphatic rings. The van der Waals surface area contributed by atoms with Gasteiger partial charge in [-0.3, -0.25) is 0 Å². The molecule has 0 atom stereocenters. The minimum Gasteiger partial charge on any atom is -0.489 e. The van der Waals surface area contributed by atoms with Crippen LogP contribution in [0.25, 0.3) is 17.2 Å². The Bertz CT molecular complexity index is 1360. The Hall–Kier alpha value is -3.78. The van der Waals surface area contributed by atoms with Crippen LogP contribution in [0.3, 0.4) is 0 Å². The van der Waals surface area contributed by atoms with Crippen LogP contribution < -0.4 is 10.1 Å². The van der Waals surface area contributed by atoms with Gasteiger partial charge in [0.2, 0.25) is 0 Å². The number of hydrogen-bond donors (Lipinski definition) is 1. The Balaban J connectivity index is 0.000000212. The average Bonchev–Trinajstić information content (AvgIpc) is 3.30. The second-order valence-electron chi connectivity index (χ2n) is 9.57. The molecule has 2 aliphatic heterocycles. The van der Waals surface area contributed by atoms with Gasteiger partial charge in [-0.1, -0.05) is 72.8 Å². The largest absolute Gasteiger partial charge is 0.489 e. The molecule has 2 heterocycles. The molecule has 0 saturated heterocycles. The Labute approximate surface area is 208 Å². The van der Waals surface area contributed by atoms with Crippen molar-refractivity contribution in [1.29, 1.82) is 0 Å². The van der Waals surface area contributed by atoms with Gasteiger partial charge in [0.1, 0.15) is 12.4 Å². The lowest BCUT2D eigenvalue weighted by molar-refractivity contribution is 0.303. The highest BCUT2D eigenvalue weighted by atomic mass is 16.5. The van der Waals surface area contributed by atoms with Crippen LogP contribution in [-0.4, -0.2) is 0 Å². The summed E-state index contributed by atoms with van der Waals surface area (Å²) in [6.45, 7) is 0.624. The van der Waals surface area contributed by atoms with Crippen LogP contribution in [0.15, 0.2) is 102 Å². The van der Waals surface area contributed by atoms with Crippen LogP contribution in [0, 0.1) is 0 Å². The fourth-order valence-electron chi connectivity index (χ4n) is 5.50. The van der Waals surface area contributed by atoms with Gasteiger partial charge in [-0.2, -0.15) is 0 Å². The lowest BCUT2D eigenvalue weighted by Crippen LogP contribution is -2.11. The van der Waals surface area contributed by atoms with Crippen molar-refractivity contribution in [3.8, 4) is 16.9 Å². The molecule has 1 N–H and O–H groups in total. The third-order valence-electron chi connectivity index (χ3n) is 7.36. The molecule has 2 heteroatoms. The fraction of sp³-hybridized carbons (Fsp3) is 0.212. The van der Waals surface area contributed by atoms with Gasteiger partial charge in [0.05, 0.1) is 0 Å². The molecule has 35 heavy (non-hydrogen) atoms. The summed E-state index contributed by atoms with van der Waals surface area (Å²) in [6.07, 6.45) is 20.0. The van der Waals surface area contributed by atoms with Crippen LogP contribution >= 0.6 is 0 Å². The van der Waals surface area contributed by atoms with E-state index in [1.54, 1.807) is 11.1 Å². The first-order chi connectivity index (χ1) is 17.3. The predicted octanol–water partition coefficient (Wildman–Crippen LogP) is 7.70. The van der Waals surface area contributed by atoms with Crippen LogP contribution in [0.1, 0.15) is 47.1 Å². The molecule has 0 spiro atoms. The Morgan fingerprint density at radius 1 is 0.686 bits per heavy atom. The van der Waals surface area contributed by atoms with Crippen molar-refractivity contribution in [2.75, 3.05) is 0 Å². The molecule has 2 nitrogen and oxygen atoms in total. The van der Waals surface area contributed by atoms with Crippen molar-refractivity contribution in [2.24, 2.45) is 0 Å². The zero-order valence-electron chi connectivity index (χ0n) is 20.1. The highest BCUT2D eigenvalue weighted by Crippen LogP contribution is 2.41. The highest BCUT2D eigenvalue weighted by molar-refractivity contribution is 5.79. The SMILES string of the molecule is C1=CC2=CC=C(CC2)N1.C1=Cc2ccc3c(c2CC1)CCc1c(OCc2ccccc2)cccc1-3. The maximum atomic E-state index is 6.21. The maximum absolute atomic E-state index is 6.21. The molecular weight excluding hydrogens is 426 g/mol. The molecule has 3 aromatic rings. The van der Waals surface area contributed by atoms with Crippen molar-refractivity contribution in [3.63, 3.8) is 0 Å². The average molecular weight is 458 g/mol. The van der Waals surface area contributed by atoms with E-state index in [1.807, 2.05) is 12.3 Å². The van der Waals surface area contributed by atoms with Crippen molar-refractivity contribution >= 4 is 6.08 Å². The summed E-state index contributed by atoms with van der Waals surface area (Å²) in [5.74, 6) is 1.04. The minimum atomic E-state index is 0.624. The molecule has 3 aliphatic carbocycles. The normalized spacial score (nSPS) is 16.3. The number of benzene rings is 3. The first-order valence-electron chi connectivity index (χ1n) is 12.8. The molecule has 0 saturated carbocycles. The summed E-state index contributed by atoms with van der Waals surface area (Å²) in [6, 6.07) is 21.5. The van der Waals surface area contributed by atoms with Crippen LogP contribution in [0.2, 0.25) is 0 Å². The number of allylic oxidation sites excluding steroid dienone is 6. The smallest absolute Gasteiger partial charge is 0.123 e. The summed E-state index contributed by atoms with van der Waals surface area (Å²) >= 11 is 0. The standard InChI is InChI=1S/C25H22O.C8H9N/c1-2-7-18(8-3-1)17-26-25-12-6-11-21-23-14-13-19-9-4-5-10-20(19)22(23)15-16-24(21)25;1-3-8-4-2-7(1)5-6-9-8/h1-4,6-9,11-14H,5,10,15-17H2;1,3,5-6,9H,2,4H2. The summed E-state index contributed by atoms with van der Waals surface area (Å²) in [4.78, 5) is 0. The maximum Gasteiger partial charge on any atom is 0.123 e. The molecule has 0 fully saturated rings. The van der Waals surface area contributed by atoms with E-state index in [0.29, 0.717) is 6.61 Å². The molecule has 0 aromatic heterocycles. The third kappa shape index (κ3) is 4.61. The second-order valence-corrected chi connectivity index (χ2v) is 9.57. The molecule has 2 bridgehead atoms. The van der Waals surface area contributed by atoms with Gasteiger partial charge in [0, 0.05) is 17.5 Å². The van der Waals surface area contributed by atoms with E-state index in [0.717, 1.165) is 25.0 Å². The Morgan fingerprint density at radius 2 is 1.57 bits per heavy atom. The molecule has 0 radical (unpaired) electrons. The topological polar surface area (TPSA) is 21.3 Å². The van der Waals surface area contributed by atoms with Gasteiger partial charge in [-0.15, -0.1) is 0 Å². The monoisotopic (exact) mass is 457 g/mol. The van der Waals surface area contributed by atoms with Gasteiger partial charge in [-0.05, 0) is 95.7 Å². The third-order valence-corrected chi connectivity index (χ3v) is 7.36. The highest BCUT2D eigenvalue weighted by Gasteiger charge is 2.23. The fourth-order valence-corrected chi connectivity index (χ4v) is 5.50. The number of nitrogens with one attached hydrogen (secondary N) is 1. The lowest BCUT2D eigenvalue weighted by atomic mass is 9.79. The summed E-state index contributed by atoms with van der Waals surface area (Å²) < 4.78 is 6.21. The van der Waals surface area contributed by atoms with E-state index in [4.69, 9.17) is 4.74 Å². The number of hydrogen-bond acceptors (Lipinski definition) is 2. The Kier molecular flexibility index (Phi) is 6.11. The molecule has 0 unspecified atom stereocenters. The van der Waals surface area contributed by atoms with Gasteiger partial charge in [0.15, 0.2) is 0 Å². The van der Waals surface area contributed by atoms with E-state index in [2.05, 4.69) is 90.3 Å². The summed E-state index contributed by atoms with van der Waals surface area (Å²) in [5.41, 5.74) is 12.6. The number of fused-ring (bicyclic) bond motifs is 8. The van der Waals surface area contributed by atoms with Gasteiger partial charge < -0.3 is 10.1 Å². The van der Waals surface area contributed by atoms with Crippen molar-refractivity contribution < 1.29 is 4.74 Å². The molecule has 3 aromatic carbocycles. The number of ether oxygens (including phenoxy) is 1. The zero-order chi connectivity index (χ0) is 23.5. The summed E-state index contributed by atoms with van der Waals surface area (Å²) in [5, 5.41) is 3.20. The van der Waals surface area contributed by atoms with Gasteiger partial charge in [0.25, 0.3) is 0 Å². The molecule has 8 rings (SSSR count). The van der Waals surface area contributed by atoms with E-state index >= 15 is 0 Å². The summed E-state index contributed by atoms with van der Waals surface area (Å²) in [7, 11) is 0. The first kappa shape index (κ1) is 21.7. The first-order valence-corrected chi connectivity index (χ1v) is 12.8. The van der Waals surface area contributed by atoms with Gasteiger partial charge >= 0.3 is 0 Å². The van der Waals surface area contributed by atoms with Crippen LogP contribution in [-0.2, 0) is 25.9 Å². The number of rotatable bonds is 3. The van der Waals surface area contributed by atoms with E-state index in [9.17, 15) is 0 Å².